The maximum absolute atomic E-state index is 10.3. The number of hydrogen-bond acceptors (Lipinski definition) is 1. The van der Waals surface area contributed by atoms with Crippen LogP contribution in [-0.4, -0.2) is 10.7 Å². The Kier molecular flexibility index (Phi) is 3.57. The fourth-order valence-electron chi connectivity index (χ4n) is 2.25. The van der Waals surface area contributed by atoms with Crippen LogP contribution in [0.3, 0.4) is 0 Å². The van der Waals surface area contributed by atoms with Gasteiger partial charge in [0.25, 0.3) is 0 Å². The number of hydrogen-bond donors (Lipinski definition) is 1. The zero-order valence-corrected chi connectivity index (χ0v) is 8.47. The molecule has 0 aromatic rings. The number of rotatable bonds is 3. The predicted molar refractivity (Wildman–Crippen MR) is 52.1 cm³/mol. The summed E-state index contributed by atoms with van der Waals surface area (Å²) < 4.78 is 0. The lowest BCUT2D eigenvalue weighted by Crippen LogP contribution is -2.38. The van der Waals surface area contributed by atoms with E-state index in [1.54, 1.807) is 0 Å². The average molecular weight is 170 g/mol. The molecule has 0 saturated heterocycles. The molecule has 0 aromatic heterocycles. The van der Waals surface area contributed by atoms with E-state index in [9.17, 15) is 5.11 Å². The summed E-state index contributed by atoms with van der Waals surface area (Å²) in [5, 5.41) is 10.3. The zero-order chi connectivity index (χ0) is 9.03. The van der Waals surface area contributed by atoms with E-state index < -0.39 is 0 Å². The lowest BCUT2D eigenvalue weighted by atomic mass is 9.74. The van der Waals surface area contributed by atoms with Gasteiger partial charge >= 0.3 is 0 Å². The topological polar surface area (TPSA) is 20.2 Å². The predicted octanol–water partition coefficient (Wildman–Crippen LogP) is 3.12. The SMILES string of the molecule is CCCC[C@]1(O)CCCC[C@H]1C. The van der Waals surface area contributed by atoms with Crippen LogP contribution in [0, 0.1) is 5.92 Å². The van der Waals surface area contributed by atoms with Gasteiger partial charge in [0.2, 0.25) is 0 Å². The number of aliphatic hydroxyl groups is 1. The summed E-state index contributed by atoms with van der Waals surface area (Å²) in [5.74, 6) is 0.526. The Labute approximate surface area is 76.2 Å². The Morgan fingerprint density at radius 2 is 2.17 bits per heavy atom. The summed E-state index contributed by atoms with van der Waals surface area (Å²) >= 11 is 0. The van der Waals surface area contributed by atoms with Crippen LogP contribution < -0.4 is 0 Å². The highest BCUT2D eigenvalue weighted by molar-refractivity contribution is 4.87. The van der Waals surface area contributed by atoms with E-state index in [-0.39, 0.29) is 5.60 Å². The molecule has 12 heavy (non-hydrogen) atoms. The summed E-state index contributed by atoms with van der Waals surface area (Å²) in [6.45, 7) is 4.39. The molecule has 0 heterocycles. The molecule has 0 spiro atoms. The van der Waals surface area contributed by atoms with Crippen molar-refractivity contribution >= 4 is 0 Å². The van der Waals surface area contributed by atoms with E-state index >= 15 is 0 Å². The van der Waals surface area contributed by atoms with Crippen LogP contribution in [0.2, 0.25) is 0 Å². The molecule has 1 nitrogen and oxygen atoms in total. The molecular formula is C11H22O. The number of unbranched alkanes of at least 4 members (excludes halogenated alkanes) is 1. The molecule has 0 bridgehead atoms. The third kappa shape index (κ3) is 2.22. The van der Waals surface area contributed by atoms with Gasteiger partial charge in [0.15, 0.2) is 0 Å². The highest BCUT2D eigenvalue weighted by Crippen LogP contribution is 2.36. The van der Waals surface area contributed by atoms with Gasteiger partial charge < -0.3 is 5.11 Å². The molecule has 1 rings (SSSR count). The van der Waals surface area contributed by atoms with Gasteiger partial charge in [0.1, 0.15) is 0 Å². The van der Waals surface area contributed by atoms with Crippen molar-refractivity contribution in [3.8, 4) is 0 Å². The molecular weight excluding hydrogens is 148 g/mol. The maximum Gasteiger partial charge on any atom is 0.0673 e. The second kappa shape index (κ2) is 4.27. The van der Waals surface area contributed by atoms with Crippen LogP contribution >= 0.6 is 0 Å². The van der Waals surface area contributed by atoms with Crippen LogP contribution in [0.25, 0.3) is 0 Å². The van der Waals surface area contributed by atoms with Crippen LogP contribution in [0.4, 0.5) is 0 Å². The van der Waals surface area contributed by atoms with Gasteiger partial charge in [-0.1, -0.05) is 39.5 Å². The highest BCUT2D eigenvalue weighted by Gasteiger charge is 2.34. The van der Waals surface area contributed by atoms with Crippen LogP contribution in [0.1, 0.15) is 58.8 Å². The molecule has 1 heteroatoms. The zero-order valence-electron chi connectivity index (χ0n) is 8.47. The van der Waals surface area contributed by atoms with Crippen molar-refractivity contribution in [3.63, 3.8) is 0 Å². The molecule has 0 aromatic carbocycles. The van der Waals surface area contributed by atoms with Crippen molar-refractivity contribution in [3.05, 3.63) is 0 Å². The lowest BCUT2D eigenvalue weighted by Gasteiger charge is -2.38. The maximum atomic E-state index is 10.3. The Bertz CT molecular complexity index is 133. The molecule has 0 radical (unpaired) electrons. The summed E-state index contributed by atoms with van der Waals surface area (Å²) in [7, 11) is 0. The molecule has 72 valence electrons. The van der Waals surface area contributed by atoms with Crippen molar-refractivity contribution < 1.29 is 5.11 Å². The smallest absolute Gasteiger partial charge is 0.0673 e. The lowest BCUT2D eigenvalue weighted by molar-refractivity contribution is -0.0493. The van der Waals surface area contributed by atoms with E-state index in [2.05, 4.69) is 13.8 Å². The van der Waals surface area contributed by atoms with Gasteiger partial charge in [-0.3, -0.25) is 0 Å². The van der Waals surface area contributed by atoms with E-state index in [4.69, 9.17) is 0 Å². The van der Waals surface area contributed by atoms with Crippen molar-refractivity contribution in [2.24, 2.45) is 5.92 Å². The first-order chi connectivity index (χ1) is 5.69. The van der Waals surface area contributed by atoms with Crippen molar-refractivity contribution in [1.82, 2.24) is 0 Å². The van der Waals surface area contributed by atoms with Gasteiger partial charge in [-0.05, 0) is 25.2 Å². The normalized spacial score (nSPS) is 36.8. The fourth-order valence-corrected chi connectivity index (χ4v) is 2.25. The average Bonchev–Trinajstić information content (AvgIpc) is 2.07. The Morgan fingerprint density at radius 1 is 1.42 bits per heavy atom. The largest absolute Gasteiger partial charge is 0.390 e. The Hall–Kier alpha value is -0.0400. The molecule has 0 aliphatic heterocycles. The van der Waals surface area contributed by atoms with Gasteiger partial charge in [-0.2, -0.15) is 0 Å². The van der Waals surface area contributed by atoms with Crippen molar-refractivity contribution in [2.75, 3.05) is 0 Å². The Balaban J connectivity index is 2.42. The molecule has 1 aliphatic rings. The van der Waals surface area contributed by atoms with Crippen molar-refractivity contribution in [1.29, 1.82) is 0 Å². The van der Waals surface area contributed by atoms with E-state index in [1.165, 1.54) is 32.1 Å². The van der Waals surface area contributed by atoms with Gasteiger partial charge in [0.05, 0.1) is 5.60 Å². The van der Waals surface area contributed by atoms with E-state index in [0.29, 0.717) is 5.92 Å². The summed E-state index contributed by atoms with van der Waals surface area (Å²) in [5.41, 5.74) is -0.311. The molecule has 0 unspecified atom stereocenters. The van der Waals surface area contributed by atoms with Gasteiger partial charge in [-0.25, -0.2) is 0 Å². The first-order valence-electron chi connectivity index (χ1n) is 5.41. The van der Waals surface area contributed by atoms with Crippen LogP contribution in [-0.2, 0) is 0 Å². The minimum absolute atomic E-state index is 0.311. The minimum atomic E-state index is -0.311. The molecule has 1 fully saturated rings. The first kappa shape index (κ1) is 10.0. The standard InChI is InChI=1S/C11H22O/c1-3-4-8-11(12)9-6-5-7-10(11)2/h10,12H,3-9H2,1-2H3/t10-,11+/m1/s1. The molecule has 1 N–H and O–H groups in total. The van der Waals surface area contributed by atoms with Gasteiger partial charge in [0, 0.05) is 0 Å². The minimum Gasteiger partial charge on any atom is -0.390 e. The summed E-state index contributed by atoms with van der Waals surface area (Å²) in [6.07, 6.45) is 8.20. The summed E-state index contributed by atoms with van der Waals surface area (Å²) in [6, 6.07) is 0. The third-order valence-electron chi connectivity index (χ3n) is 3.38. The fraction of sp³-hybridized carbons (Fsp3) is 1.00. The molecule has 0 amide bonds. The van der Waals surface area contributed by atoms with E-state index in [1.807, 2.05) is 0 Å². The first-order valence-corrected chi connectivity index (χ1v) is 5.41. The second-order valence-corrected chi connectivity index (χ2v) is 4.35. The highest BCUT2D eigenvalue weighted by atomic mass is 16.3. The van der Waals surface area contributed by atoms with E-state index in [0.717, 1.165) is 12.8 Å². The second-order valence-electron chi connectivity index (χ2n) is 4.35. The quantitative estimate of drug-likeness (QED) is 0.690. The third-order valence-corrected chi connectivity index (χ3v) is 3.38. The van der Waals surface area contributed by atoms with Crippen molar-refractivity contribution in [2.45, 2.75) is 64.4 Å². The van der Waals surface area contributed by atoms with Crippen LogP contribution in [0.15, 0.2) is 0 Å². The van der Waals surface area contributed by atoms with Gasteiger partial charge in [-0.15, -0.1) is 0 Å². The van der Waals surface area contributed by atoms with Crippen LogP contribution in [0.5, 0.6) is 0 Å². The Morgan fingerprint density at radius 3 is 2.75 bits per heavy atom. The molecule has 1 saturated carbocycles. The summed E-state index contributed by atoms with van der Waals surface area (Å²) in [4.78, 5) is 0. The monoisotopic (exact) mass is 170 g/mol. The molecule has 2 atom stereocenters. The molecule has 1 aliphatic carbocycles.